The first kappa shape index (κ1) is 11.1. The van der Waals surface area contributed by atoms with Gasteiger partial charge in [0.1, 0.15) is 5.75 Å². The summed E-state index contributed by atoms with van der Waals surface area (Å²) in [5.41, 5.74) is 1.19. The summed E-state index contributed by atoms with van der Waals surface area (Å²) in [5.74, 6) is 0.889. The van der Waals surface area contributed by atoms with Gasteiger partial charge in [-0.3, -0.25) is 0 Å². The maximum absolute atomic E-state index is 5.42. The van der Waals surface area contributed by atoms with Gasteiger partial charge in [-0.15, -0.1) is 0 Å². The summed E-state index contributed by atoms with van der Waals surface area (Å²) in [7, 11) is 3.43. The summed E-state index contributed by atoms with van der Waals surface area (Å²) >= 11 is 0. The first-order valence-electron chi connectivity index (χ1n) is 4.98. The van der Waals surface area contributed by atoms with Gasteiger partial charge in [0.15, 0.2) is 0 Å². The fraction of sp³-hybridized carbons (Fsp3) is 0.500. The first-order chi connectivity index (χ1) is 6.81. The van der Waals surface area contributed by atoms with Gasteiger partial charge in [0.25, 0.3) is 0 Å². The number of hydrogen-bond donors (Lipinski definition) is 0. The number of methoxy groups -OCH3 is 2. The minimum Gasteiger partial charge on any atom is -0.497 e. The van der Waals surface area contributed by atoms with E-state index in [-0.39, 0.29) is 6.10 Å². The lowest BCUT2D eigenvalue weighted by molar-refractivity contribution is 0.0948. The van der Waals surface area contributed by atoms with E-state index in [1.54, 1.807) is 14.2 Å². The smallest absolute Gasteiger partial charge is 0.119 e. The van der Waals surface area contributed by atoms with Crippen molar-refractivity contribution >= 4 is 0 Å². The van der Waals surface area contributed by atoms with Crippen molar-refractivity contribution in [2.75, 3.05) is 14.2 Å². The zero-order valence-electron chi connectivity index (χ0n) is 9.12. The van der Waals surface area contributed by atoms with Gasteiger partial charge in [-0.1, -0.05) is 25.5 Å². The van der Waals surface area contributed by atoms with Gasteiger partial charge in [-0.2, -0.15) is 0 Å². The van der Waals surface area contributed by atoms with Crippen molar-refractivity contribution in [3.8, 4) is 5.75 Å². The molecular weight excluding hydrogens is 176 g/mol. The van der Waals surface area contributed by atoms with Crippen molar-refractivity contribution in [2.45, 2.75) is 25.9 Å². The molecule has 0 bridgehead atoms. The number of hydrogen-bond acceptors (Lipinski definition) is 2. The number of benzene rings is 1. The van der Waals surface area contributed by atoms with E-state index in [1.165, 1.54) is 5.56 Å². The fourth-order valence-electron chi connectivity index (χ4n) is 1.52. The number of rotatable bonds is 5. The Morgan fingerprint density at radius 3 is 2.64 bits per heavy atom. The van der Waals surface area contributed by atoms with Gasteiger partial charge >= 0.3 is 0 Å². The van der Waals surface area contributed by atoms with Crippen molar-refractivity contribution in [1.82, 2.24) is 0 Å². The first-order valence-corrected chi connectivity index (χ1v) is 4.98. The molecule has 2 nitrogen and oxygen atoms in total. The van der Waals surface area contributed by atoms with Crippen LogP contribution in [0.5, 0.6) is 5.75 Å². The second-order valence-corrected chi connectivity index (χ2v) is 3.29. The van der Waals surface area contributed by atoms with Crippen molar-refractivity contribution in [3.05, 3.63) is 29.8 Å². The minimum absolute atomic E-state index is 0.190. The third kappa shape index (κ3) is 2.74. The summed E-state index contributed by atoms with van der Waals surface area (Å²) in [6.07, 6.45) is 2.36. The van der Waals surface area contributed by atoms with E-state index in [1.807, 2.05) is 18.2 Å². The van der Waals surface area contributed by atoms with Crippen molar-refractivity contribution in [3.63, 3.8) is 0 Å². The Hall–Kier alpha value is -1.02. The van der Waals surface area contributed by atoms with Crippen LogP contribution in [0.1, 0.15) is 31.4 Å². The van der Waals surface area contributed by atoms with Crippen LogP contribution in [0.15, 0.2) is 24.3 Å². The Balaban J connectivity index is 2.80. The minimum atomic E-state index is 0.190. The normalized spacial score (nSPS) is 12.5. The molecule has 78 valence electrons. The molecule has 1 aromatic rings. The zero-order chi connectivity index (χ0) is 10.4. The Morgan fingerprint density at radius 2 is 2.07 bits per heavy atom. The van der Waals surface area contributed by atoms with Crippen molar-refractivity contribution in [2.24, 2.45) is 0 Å². The van der Waals surface area contributed by atoms with Crippen LogP contribution < -0.4 is 4.74 Å². The van der Waals surface area contributed by atoms with Crippen LogP contribution in [0, 0.1) is 0 Å². The fourth-order valence-corrected chi connectivity index (χ4v) is 1.52. The summed E-state index contributed by atoms with van der Waals surface area (Å²) in [4.78, 5) is 0. The predicted octanol–water partition coefficient (Wildman–Crippen LogP) is 3.18. The lowest BCUT2D eigenvalue weighted by Gasteiger charge is -2.15. The molecule has 0 heterocycles. The van der Waals surface area contributed by atoms with Crippen LogP contribution in [0.25, 0.3) is 0 Å². The second kappa shape index (κ2) is 5.66. The molecule has 1 rings (SSSR count). The molecule has 0 aromatic heterocycles. The summed E-state index contributed by atoms with van der Waals surface area (Å²) in [6.45, 7) is 2.16. The van der Waals surface area contributed by atoms with E-state index >= 15 is 0 Å². The van der Waals surface area contributed by atoms with Crippen LogP contribution in [0.3, 0.4) is 0 Å². The molecule has 1 atom stereocenters. The monoisotopic (exact) mass is 194 g/mol. The maximum Gasteiger partial charge on any atom is 0.119 e. The molecule has 14 heavy (non-hydrogen) atoms. The molecule has 0 spiro atoms. The molecular formula is C12H18O2. The molecule has 0 aliphatic rings. The topological polar surface area (TPSA) is 18.5 Å². The highest BCUT2D eigenvalue weighted by Gasteiger charge is 2.09. The standard InChI is InChI=1S/C12H18O2/c1-4-6-12(14-3)10-7-5-8-11(9-10)13-2/h5,7-9,12H,4,6H2,1-3H3. The molecule has 1 unspecified atom stereocenters. The maximum atomic E-state index is 5.42. The van der Waals surface area contributed by atoms with Gasteiger partial charge < -0.3 is 9.47 Å². The third-order valence-electron chi connectivity index (χ3n) is 2.30. The van der Waals surface area contributed by atoms with Crippen LogP contribution >= 0.6 is 0 Å². The Kier molecular flexibility index (Phi) is 4.47. The van der Waals surface area contributed by atoms with Crippen LogP contribution in [-0.4, -0.2) is 14.2 Å². The van der Waals surface area contributed by atoms with Gasteiger partial charge in [0.2, 0.25) is 0 Å². The highest BCUT2D eigenvalue weighted by atomic mass is 16.5. The van der Waals surface area contributed by atoms with E-state index in [0.29, 0.717) is 0 Å². The van der Waals surface area contributed by atoms with E-state index in [2.05, 4.69) is 13.0 Å². The van der Waals surface area contributed by atoms with Crippen molar-refractivity contribution in [1.29, 1.82) is 0 Å². The molecule has 0 aliphatic carbocycles. The molecule has 1 aromatic carbocycles. The SMILES string of the molecule is CCCC(OC)c1cccc(OC)c1. The molecule has 0 saturated carbocycles. The predicted molar refractivity (Wildman–Crippen MR) is 57.7 cm³/mol. The quantitative estimate of drug-likeness (QED) is 0.716. The van der Waals surface area contributed by atoms with E-state index < -0.39 is 0 Å². The van der Waals surface area contributed by atoms with Crippen molar-refractivity contribution < 1.29 is 9.47 Å². The molecule has 0 saturated heterocycles. The highest BCUT2D eigenvalue weighted by Crippen LogP contribution is 2.24. The molecule has 0 N–H and O–H groups in total. The average molecular weight is 194 g/mol. The summed E-state index contributed by atoms with van der Waals surface area (Å²) in [5, 5.41) is 0. The Bertz CT molecular complexity index is 271. The van der Waals surface area contributed by atoms with Gasteiger partial charge in [0, 0.05) is 7.11 Å². The van der Waals surface area contributed by atoms with E-state index in [0.717, 1.165) is 18.6 Å². The second-order valence-electron chi connectivity index (χ2n) is 3.29. The summed E-state index contributed by atoms with van der Waals surface area (Å²) < 4.78 is 10.6. The lowest BCUT2D eigenvalue weighted by Crippen LogP contribution is -2.01. The molecule has 0 radical (unpaired) electrons. The van der Waals surface area contributed by atoms with E-state index in [9.17, 15) is 0 Å². The zero-order valence-corrected chi connectivity index (χ0v) is 9.12. The van der Waals surface area contributed by atoms with E-state index in [4.69, 9.17) is 9.47 Å². The van der Waals surface area contributed by atoms with Crippen LogP contribution in [-0.2, 0) is 4.74 Å². The molecule has 0 aliphatic heterocycles. The van der Waals surface area contributed by atoms with Gasteiger partial charge in [0.05, 0.1) is 13.2 Å². The molecule has 0 amide bonds. The average Bonchev–Trinajstić information content (AvgIpc) is 2.26. The largest absolute Gasteiger partial charge is 0.497 e. The lowest BCUT2D eigenvalue weighted by atomic mass is 10.1. The van der Waals surface area contributed by atoms with Crippen LogP contribution in [0.4, 0.5) is 0 Å². The van der Waals surface area contributed by atoms with Gasteiger partial charge in [-0.05, 0) is 24.1 Å². The Labute approximate surface area is 85.8 Å². The van der Waals surface area contributed by atoms with Crippen LogP contribution in [0.2, 0.25) is 0 Å². The molecule has 0 fully saturated rings. The number of ether oxygens (including phenoxy) is 2. The highest BCUT2D eigenvalue weighted by molar-refractivity contribution is 5.29. The van der Waals surface area contributed by atoms with Gasteiger partial charge in [-0.25, -0.2) is 0 Å². The third-order valence-corrected chi connectivity index (χ3v) is 2.30. The Morgan fingerprint density at radius 1 is 1.29 bits per heavy atom. The summed E-state index contributed by atoms with van der Waals surface area (Å²) in [6, 6.07) is 8.05. The molecule has 2 heteroatoms.